The number of nitrogens with zero attached hydrogens (tertiary/aromatic N) is 1. The number of aryl methyl sites for hydroxylation is 2. The van der Waals surface area contributed by atoms with Gasteiger partial charge in [-0.05, 0) is 44.2 Å². The van der Waals surface area contributed by atoms with E-state index in [0.29, 0.717) is 13.0 Å². The highest BCUT2D eigenvalue weighted by molar-refractivity contribution is 7.91. The summed E-state index contributed by atoms with van der Waals surface area (Å²) in [7, 11) is -3.00. The molecule has 0 aromatic carbocycles. The number of carbonyl (C=O) groups excluding carboxylic acids is 1. The van der Waals surface area contributed by atoms with Gasteiger partial charge in [0.2, 0.25) is 0 Å². The Labute approximate surface area is 123 Å². The molecule has 0 saturated carbocycles. The molecule has 1 aromatic heterocycles. The maximum atomic E-state index is 12.6. The molecular weight excluding hydrogens is 294 g/mol. The smallest absolute Gasteiger partial charge is 0.264 e. The number of fused-ring (bicyclic) bond motifs is 1. The van der Waals surface area contributed by atoms with Crippen LogP contribution in [0.1, 0.15) is 39.9 Å². The monoisotopic (exact) mass is 313 g/mol. The lowest BCUT2D eigenvalue weighted by Crippen LogP contribution is -2.40. The van der Waals surface area contributed by atoms with Crippen molar-refractivity contribution in [2.24, 2.45) is 0 Å². The Morgan fingerprint density at radius 1 is 1.35 bits per heavy atom. The second kappa shape index (κ2) is 5.15. The third kappa shape index (κ3) is 2.63. The molecule has 0 bridgehead atoms. The van der Waals surface area contributed by atoms with E-state index in [2.05, 4.69) is 0 Å². The quantitative estimate of drug-likeness (QED) is 0.795. The van der Waals surface area contributed by atoms with Crippen molar-refractivity contribution in [1.29, 1.82) is 0 Å². The molecule has 110 valence electrons. The van der Waals surface area contributed by atoms with E-state index in [4.69, 9.17) is 0 Å². The van der Waals surface area contributed by atoms with Gasteiger partial charge in [-0.3, -0.25) is 4.79 Å². The Bertz CT molecular complexity index is 611. The van der Waals surface area contributed by atoms with Gasteiger partial charge in [0.05, 0.1) is 16.4 Å². The van der Waals surface area contributed by atoms with Crippen LogP contribution in [0.5, 0.6) is 0 Å². The zero-order chi connectivity index (χ0) is 14.3. The van der Waals surface area contributed by atoms with Gasteiger partial charge in [-0.25, -0.2) is 8.42 Å². The van der Waals surface area contributed by atoms with Crippen molar-refractivity contribution in [2.45, 2.75) is 38.6 Å². The highest BCUT2D eigenvalue weighted by atomic mass is 32.2. The normalized spacial score (nSPS) is 25.2. The fraction of sp³-hybridized carbons (Fsp3) is 0.643. The zero-order valence-corrected chi connectivity index (χ0v) is 13.2. The highest BCUT2D eigenvalue weighted by Gasteiger charge is 2.30. The van der Waals surface area contributed by atoms with E-state index in [0.717, 1.165) is 17.7 Å². The van der Waals surface area contributed by atoms with E-state index in [1.807, 2.05) is 13.0 Å². The Hall–Kier alpha value is -0.880. The van der Waals surface area contributed by atoms with E-state index < -0.39 is 9.84 Å². The van der Waals surface area contributed by atoms with Crippen LogP contribution >= 0.6 is 11.3 Å². The minimum atomic E-state index is -3.00. The molecule has 1 aliphatic carbocycles. The molecule has 3 rings (SSSR count). The SMILES string of the molecule is CC1CS(=O)(=O)CCCN1C(=O)c1cc2c(s1)CCC2. The van der Waals surface area contributed by atoms with Crippen molar-refractivity contribution in [3.63, 3.8) is 0 Å². The second-order valence-electron chi connectivity index (χ2n) is 5.73. The summed E-state index contributed by atoms with van der Waals surface area (Å²) < 4.78 is 23.5. The largest absolute Gasteiger partial charge is 0.334 e. The van der Waals surface area contributed by atoms with E-state index in [1.165, 1.54) is 16.9 Å². The molecule has 0 radical (unpaired) electrons. The van der Waals surface area contributed by atoms with Gasteiger partial charge >= 0.3 is 0 Å². The zero-order valence-electron chi connectivity index (χ0n) is 11.6. The average molecular weight is 313 g/mol. The number of amides is 1. The minimum Gasteiger partial charge on any atom is -0.334 e. The topological polar surface area (TPSA) is 54.5 Å². The van der Waals surface area contributed by atoms with Crippen LogP contribution in [-0.4, -0.2) is 43.3 Å². The standard InChI is InChI=1S/C14H19NO3S2/c1-10-9-20(17,18)7-3-6-15(10)14(16)13-8-11-4-2-5-12(11)19-13/h8,10H,2-7,9H2,1H3. The Kier molecular flexibility index (Phi) is 3.62. The molecule has 1 atom stereocenters. The summed E-state index contributed by atoms with van der Waals surface area (Å²) in [6.07, 6.45) is 3.89. The van der Waals surface area contributed by atoms with Crippen LogP contribution in [0.2, 0.25) is 0 Å². The van der Waals surface area contributed by atoms with Crippen molar-refractivity contribution in [3.05, 3.63) is 21.4 Å². The Morgan fingerprint density at radius 2 is 2.15 bits per heavy atom. The third-order valence-electron chi connectivity index (χ3n) is 4.10. The van der Waals surface area contributed by atoms with Gasteiger partial charge < -0.3 is 4.90 Å². The van der Waals surface area contributed by atoms with E-state index in [9.17, 15) is 13.2 Å². The minimum absolute atomic E-state index is 0.00833. The maximum Gasteiger partial charge on any atom is 0.264 e. The highest BCUT2D eigenvalue weighted by Crippen LogP contribution is 2.31. The Morgan fingerprint density at radius 3 is 2.90 bits per heavy atom. The van der Waals surface area contributed by atoms with Crippen molar-refractivity contribution in [1.82, 2.24) is 4.90 Å². The molecule has 1 fully saturated rings. The van der Waals surface area contributed by atoms with Gasteiger partial charge in [0, 0.05) is 17.5 Å². The molecule has 4 nitrogen and oxygen atoms in total. The van der Waals surface area contributed by atoms with Crippen LogP contribution in [0.3, 0.4) is 0 Å². The van der Waals surface area contributed by atoms with Crippen LogP contribution in [0.25, 0.3) is 0 Å². The van der Waals surface area contributed by atoms with Crippen molar-refractivity contribution < 1.29 is 13.2 Å². The first kappa shape index (κ1) is 14.1. The third-order valence-corrected chi connectivity index (χ3v) is 7.23. The van der Waals surface area contributed by atoms with Gasteiger partial charge in [-0.2, -0.15) is 0 Å². The lowest BCUT2D eigenvalue weighted by molar-refractivity contribution is 0.0717. The van der Waals surface area contributed by atoms with Crippen LogP contribution in [0.4, 0.5) is 0 Å². The summed E-state index contributed by atoms with van der Waals surface area (Å²) in [5.74, 6) is 0.292. The van der Waals surface area contributed by atoms with Gasteiger partial charge in [0.1, 0.15) is 0 Å². The predicted molar refractivity (Wildman–Crippen MR) is 80.1 cm³/mol. The predicted octanol–water partition coefficient (Wildman–Crippen LogP) is 1.89. The number of hydrogen-bond acceptors (Lipinski definition) is 4. The van der Waals surface area contributed by atoms with Crippen molar-refractivity contribution >= 4 is 27.1 Å². The Balaban J connectivity index is 1.82. The van der Waals surface area contributed by atoms with Crippen LogP contribution in [0.15, 0.2) is 6.07 Å². The van der Waals surface area contributed by atoms with Gasteiger partial charge in [-0.15, -0.1) is 11.3 Å². The summed E-state index contributed by atoms with van der Waals surface area (Å²) in [5, 5.41) is 0. The van der Waals surface area contributed by atoms with E-state index in [-0.39, 0.29) is 23.5 Å². The molecule has 1 amide bonds. The first-order chi connectivity index (χ1) is 9.46. The number of sulfone groups is 1. The summed E-state index contributed by atoms with van der Waals surface area (Å²) in [6, 6.07) is 1.79. The molecule has 1 unspecified atom stereocenters. The summed E-state index contributed by atoms with van der Waals surface area (Å²) in [5.41, 5.74) is 1.31. The molecule has 1 aromatic rings. The molecule has 6 heteroatoms. The number of rotatable bonds is 1. The molecule has 1 saturated heterocycles. The molecule has 2 heterocycles. The maximum absolute atomic E-state index is 12.6. The summed E-state index contributed by atoms with van der Waals surface area (Å²) in [4.78, 5) is 16.5. The van der Waals surface area contributed by atoms with Crippen LogP contribution < -0.4 is 0 Å². The van der Waals surface area contributed by atoms with E-state index >= 15 is 0 Å². The summed E-state index contributed by atoms with van der Waals surface area (Å²) >= 11 is 1.59. The summed E-state index contributed by atoms with van der Waals surface area (Å²) in [6.45, 7) is 2.38. The number of thiophene rings is 1. The molecule has 1 aliphatic heterocycles. The molecule has 0 spiro atoms. The van der Waals surface area contributed by atoms with Crippen LogP contribution in [-0.2, 0) is 22.7 Å². The first-order valence-electron chi connectivity index (χ1n) is 7.09. The van der Waals surface area contributed by atoms with Gasteiger partial charge in [-0.1, -0.05) is 0 Å². The molecular formula is C14H19NO3S2. The van der Waals surface area contributed by atoms with Gasteiger partial charge in [0.25, 0.3) is 5.91 Å². The van der Waals surface area contributed by atoms with E-state index in [1.54, 1.807) is 16.2 Å². The first-order valence-corrected chi connectivity index (χ1v) is 9.73. The van der Waals surface area contributed by atoms with Gasteiger partial charge in [0.15, 0.2) is 9.84 Å². The average Bonchev–Trinajstić information content (AvgIpc) is 2.89. The van der Waals surface area contributed by atoms with Crippen molar-refractivity contribution in [2.75, 3.05) is 18.1 Å². The lowest BCUT2D eigenvalue weighted by atomic mass is 10.2. The fourth-order valence-corrected chi connectivity index (χ4v) is 5.95. The number of hydrogen-bond donors (Lipinski definition) is 0. The van der Waals surface area contributed by atoms with Crippen LogP contribution in [0, 0.1) is 0 Å². The fourth-order valence-electron chi connectivity index (χ4n) is 3.09. The second-order valence-corrected chi connectivity index (χ2v) is 9.09. The molecule has 20 heavy (non-hydrogen) atoms. The lowest BCUT2D eigenvalue weighted by Gasteiger charge is -2.26. The van der Waals surface area contributed by atoms with Crippen molar-refractivity contribution in [3.8, 4) is 0 Å². The molecule has 0 N–H and O–H groups in total. The number of carbonyl (C=O) groups is 1. The molecule has 2 aliphatic rings.